The summed E-state index contributed by atoms with van der Waals surface area (Å²) in [5.41, 5.74) is 8.75. The van der Waals surface area contributed by atoms with Crippen molar-refractivity contribution in [2.75, 3.05) is 0 Å². The molecule has 3 aromatic rings. The summed E-state index contributed by atoms with van der Waals surface area (Å²) in [6.45, 7) is 28.1. The molecular formula is C40H51ClF2O2. The lowest BCUT2D eigenvalue weighted by Crippen LogP contribution is -2.11. The highest BCUT2D eigenvalue weighted by atomic mass is 35.5. The van der Waals surface area contributed by atoms with Gasteiger partial charge in [-0.25, -0.2) is 8.78 Å². The first-order chi connectivity index (χ1) is 21.0. The maximum absolute atomic E-state index is 12.7. The summed E-state index contributed by atoms with van der Waals surface area (Å²) in [4.78, 5) is 22.3. The number of ketones is 2. The lowest BCUT2D eigenvalue weighted by molar-refractivity contribution is -0.120. The van der Waals surface area contributed by atoms with Crippen molar-refractivity contribution in [2.45, 2.75) is 89.0 Å². The number of allylic oxidation sites excluding steroid dienone is 4. The molecule has 0 heterocycles. The summed E-state index contributed by atoms with van der Waals surface area (Å²) >= 11 is 5.72. The lowest BCUT2D eigenvalue weighted by Gasteiger charge is -2.10. The van der Waals surface area contributed by atoms with Crippen molar-refractivity contribution < 1.29 is 18.4 Å². The molecule has 4 rings (SSSR count). The summed E-state index contributed by atoms with van der Waals surface area (Å²) in [5, 5.41) is 0.624. The third kappa shape index (κ3) is 13.5. The third-order valence-corrected chi connectivity index (χ3v) is 7.84. The number of carbonyl (C=O) groups excluding carboxylic acids is 2. The van der Waals surface area contributed by atoms with E-state index in [-0.39, 0.29) is 28.6 Å². The van der Waals surface area contributed by atoms with Crippen LogP contribution in [0.1, 0.15) is 98.1 Å². The smallest absolute Gasteiger partial charge is 0.160 e. The van der Waals surface area contributed by atoms with Gasteiger partial charge in [0.15, 0.2) is 5.78 Å². The quantitative estimate of drug-likeness (QED) is 0.159. The monoisotopic (exact) mass is 636 g/mol. The SMILES string of the molecule is C=C(C)C1(C(C)=O)CC1.C=C/C=C(/C)c1cc(C)c(C(C)=O)cc1C.CC.Cc1cc(Cl)c(C)cc1F.Cc1ccc(F)cc1. The Balaban J connectivity index is 0.000000584. The molecule has 2 nitrogen and oxygen atoms in total. The minimum Gasteiger partial charge on any atom is -0.299 e. The largest absolute Gasteiger partial charge is 0.299 e. The Kier molecular flexibility index (Phi) is 18.1. The first-order valence-corrected chi connectivity index (χ1v) is 15.6. The van der Waals surface area contributed by atoms with Crippen molar-refractivity contribution in [3.63, 3.8) is 0 Å². The highest BCUT2D eigenvalue weighted by molar-refractivity contribution is 6.31. The van der Waals surface area contributed by atoms with E-state index >= 15 is 0 Å². The highest BCUT2D eigenvalue weighted by Crippen LogP contribution is 2.51. The van der Waals surface area contributed by atoms with Crippen LogP contribution in [0.15, 0.2) is 79.4 Å². The van der Waals surface area contributed by atoms with E-state index in [0.29, 0.717) is 10.6 Å². The van der Waals surface area contributed by atoms with Crippen LogP contribution in [0.4, 0.5) is 8.78 Å². The average molecular weight is 637 g/mol. The summed E-state index contributed by atoms with van der Waals surface area (Å²) in [7, 11) is 0. The van der Waals surface area contributed by atoms with Gasteiger partial charge < -0.3 is 0 Å². The molecule has 0 atom stereocenters. The van der Waals surface area contributed by atoms with E-state index in [2.05, 4.69) is 26.1 Å². The fourth-order valence-electron chi connectivity index (χ4n) is 4.37. The number of carbonyl (C=O) groups is 2. The molecule has 5 heteroatoms. The number of aryl methyl sites for hydroxylation is 5. The molecule has 0 bridgehead atoms. The van der Waals surface area contributed by atoms with Crippen LogP contribution in [0, 0.1) is 51.7 Å². The highest BCUT2D eigenvalue weighted by Gasteiger charge is 2.47. The molecule has 1 aliphatic carbocycles. The van der Waals surface area contributed by atoms with Crippen LogP contribution in [0.25, 0.3) is 5.57 Å². The topological polar surface area (TPSA) is 34.1 Å². The molecule has 1 aliphatic rings. The Labute approximate surface area is 275 Å². The lowest BCUT2D eigenvalue weighted by atomic mass is 9.94. The fourth-order valence-corrected chi connectivity index (χ4v) is 4.59. The number of rotatable bonds is 5. The summed E-state index contributed by atoms with van der Waals surface area (Å²) in [6, 6.07) is 13.5. The van der Waals surface area contributed by atoms with Crippen LogP contribution in [0.5, 0.6) is 0 Å². The van der Waals surface area contributed by atoms with Crippen molar-refractivity contribution in [2.24, 2.45) is 5.41 Å². The predicted molar refractivity (Wildman–Crippen MR) is 190 cm³/mol. The van der Waals surface area contributed by atoms with Crippen LogP contribution in [-0.4, -0.2) is 11.6 Å². The third-order valence-electron chi connectivity index (χ3n) is 7.43. The van der Waals surface area contributed by atoms with Gasteiger partial charge in [-0.1, -0.05) is 80.1 Å². The Morgan fingerprint density at radius 2 is 1.27 bits per heavy atom. The van der Waals surface area contributed by atoms with E-state index in [1.807, 2.05) is 53.7 Å². The Hall–Kier alpha value is -3.63. The van der Waals surface area contributed by atoms with Crippen LogP contribution in [0.2, 0.25) is 5.02 Å². The van der Waals surface area contributed by atoms with E-state index in [9.17, 15) is 18.4 Å². The first-order valence-electron chi connectivity index (χ1n) is 15.2. The average Bonchev–Trinajstić information content (AvgIpc) is 3.80. The molecule has 0 aromatic heterocycles. The molecule has 1 saturated carbocycles. The minimum absolute atomic E-state index is 0.0833. The van der Waals surface area contributed by atoms with Gasteiger partial charge in [0.1, 0.15) is 17.4 Å². The van der Waals surface area contributed by atoms with Crippen LogP contribution in [0.3, 0.4) is 0 Å². The number of hydrogen-bond acceptors (Lipinski definition) is 2. The molecule has 0 N–H and O–H groups in total. The Morgan fingerprint density at radius 3 is 1.62 bits per heavy atom. The number of Topliss-reactive ketones (excluding diaryl/α,β-unsaturated/α-hetero) is 2. The Morgan fingerprint density at radius 1 is 0.778 bits per heavy atom. The minimum atomic E-state index is -0.193. The van der Waals surface area contributed by atoms with E-state index in [0.717, 1.165) is 46.2 Å². The molecule has 0 aliphatic heterocycles. The van der Waals surface area contributed by atoms with Crippen molar-refractivity contribution in [3.05, 3.63) is 135 Å². The van der Waals surface area contributed by atoms with Gasteiger partial charge in [0, 0.05) is 16.0 Å². The van der Waals surface area contributed by atoms with Gasteiger partial charge in [0.05, 0.1) is 0 Å². The molecule has 3 aromatic carbocycles. The van der Waals surface area contributed by atoms with E-state index in [4.69, 9.17) is 11.6 Å². The predicted octanol–water partition coefficient (Wildman–Crippen LogP) is 12.3. The molecule has 0 radical (unpaired) electrons. The molecule has 1 fully saturated rings. The molecule has 0 amide bonds. The number of benzene rings is 3. The standard InChI is InChI=1S/C15H18O.C8H8ClF.C8H12O.C7H7F.C2H6/c1-6-7-10(2)14-8-12(4)15(13(5)16)9-11(14)3;1-5-4-8(10)6(2)3-7(5)9;1-6(2)8(4-5-8)7(3)9;1-6-2-4-7(8)5-3-6;1-2/h6-9H,1H2,2-5H3;3-4H,1-2H3;1,4-5H2,2-3H3;2-5H,1H3;1-2H3/b10-7-;;;;. The van der Waals surface area contributed by atoms with Gasteiger partial charge >= 0.3 is 0 Å². The zero-order valence-electron chi connectivity index (χ0n) is 29.1. The molecular weight excluding hydrogens is 586 g/mol. The molecule has 0 unspecified atom stereocenters. The zero-order chi connectivity index (χ0) is 35.1. The molecule has 45 heavy (non-hydrogen) atoms. The molecule has 0 saturated heterocycles. The van der Waals surface area contributed by atoms with E-state index in [1.165, 1.54) is 29.3 Å². The second-order valence-corrected chi connectivity index (χ2v) is 11.6. The van der Waals surface area contributed by atoms with Crippen LogP contribution >= 0.6 is 11.6 Å². The summed E-state index contributed by atoms with van der Waals surface area (Å²) < 4.78 is 24.8. The normalized spacial score (nSPS) is 12.3. The first kappa shape index (κ1) is 41.4. The van der Waals surface area contributed by atoms with Crippen molar-refractivity contribution in [1.82, 2.24) is 0 Å². The maximum Gasteiger partial charge on any atom is 0.160 e. The van der Waals surface area contributed by atoms with E-state index in [1.54, 1.807) is 52.0 Å². The molecule has 244 valence electrons. The van der Waals surface area contributed by atoms with Crippen molar-refractivity contribution in [3.8, 4) is 0 Å². The van der Waals surface area contributed by atoms with Crippen LogP contribution < -0.4 is 0 Å². The van der Waals surface area contributed by atoms with E-state index < -0.39 is 0 Å². The van der Waals surface area contributed by atoms with Gasteiger partial charge in [-0.15, -0.1) is 0 Å². The van der Waals surface area contributed by atoms with Crippen molar-refractivity contribution in [1.29, 1.82) is 0 Å². The Bertz CT molecular complexity index is 1410. The van der Waals surface area contributed by atoms with Gasteiger partial charge in [0.2, 0.25) is 0 Å². The summed E-state index contributed by atoms with van der Waals surface area (Å²) in [6.07, 6.45) is 5.81. The number of halogens is 3. The summed E-state index contributed by atoms with van der Waals surface area (Å²) in [5.74, 6) is 0.0463. The zero-order valence-corrected chi connectivity index (χ0v) is 29.8. The molecule has 0 spiro atoms. The van der Waals surface area contributed by atoms with Gasteiger partial charge in [0.25, 0.3) is 0 Å². The second-order valence-electron chi connectivity index (χ2n) is 11.2. The fraction of sp³-hybridized carbons (Fsp3) is 0.350. The van der Waals surface area contributed by atoms with Crippen molar-refractivity contribution >= 4 is 28.7 Å². The maximum atomic E-state index is 12.7. The van der Waals surface area contributed by atoms with Crippen LogP contribution in [-0.2, 0) is 4.79 Å². The van der Waals surface area contributed by atoms with Gasteiger partial charge in [-0.2, -0.15) is 0 Å². The van der Waals surface area contributed by atoms with Gasteiger partial charge in [-0.05, 0) is 139 Å². The number of hydrogen-bond donors (Lipinski definition) is 0. The van der Waals surface area contributed by atoms with Gasteiger partial charge in [-0.3, -0.25) is 9.59 Å². The second kappa shape index (κ2) is 19.7.